The quantitative estimate of drug-likeness (QED) is 0.392. The van der Waals surface area contributed by atoms with Crippen molar-refractivity contribution in [1.29, 1.82) is 0 Å². The molecule has 0 fully saturated rings. The van der Waals surface area contributed by atoms with E-state index in [9.17, 15) is 4.79 Å². The number of H-pyrrole nitrogens is 1. The van der Waals surface area contributed by atoms with Crippen LogP contribution in [0.4, 0.5) is 5.69 Å². The number of aromatic amines is 1. The molecule has 2 heterocycles. The van der Waals surface area contributed by atoms with Gasteiger partial charge in [-0.2, -0.15) is 0 Å². The fourth-order valence-corrected chi connectivity index (χ4v) is 3.92. The second-order valence-electron chi connectivity index (χ2n) is 6.07. The van der Waals surface area contributed by atoms with Crippen molar-refractivity contribution in [3.05, 3.63) is 82.8 Å². The summed E-state index contributed by atoms with van der Waals surface area (Å²) in [6.07, 6.45) is 0.710. The number of aromatic nitrogens is 3. The summed E-state index contributed by atoms with van der Waals surface area (Å²) in [6.45, 7) is 0. The van der Waals surface area contributed by atoms with E-state index in [2.05, 4.69) is 26.6 Å². The highest BCUT2D eigenvalue weighted by Crippen LogP contribution is 2.29. The number of thiophene rings is 1. The van der Waals surface area contributed by atoms with Crippen molar-refractivity contribution in [2.24, 2.45) is 0 Å². The highest BCUT2D eigenvalue weighted by Gasteiger charge is 2.11. The lowest BCUT2D eigenvalue weighted by atomic mass is 10.3. The van der Waals surface area contributed by atoms with Gasteiger partial charge in [0, 0.05) is 11.3 Å². The van der Waals surface area contributed by atoms with Crippen LogP contribution in [-0.2, 0) is 11.2 Å². The summed E-state index contributed by atoms with van der Waals surface area (Å²) in [6, 6.07) is 20.9. The highest BCUT2D eigenvalue weighted by atomic mass is 32.2. The van der Waals surface area contributed by atoms with Crippen LogP contribution in [0.15, 0.2) is 77.3 Å². The molecule has 146 valence electrons. The Balaban J connectivity index is 1.33. The van der Waals surface area contributed by atoms with Crippen molar-refractivity contribution in [1.82, 2.24) is 15.2 Å². The van der Waals surface area contributed by atoms with E-state index in [1.54, 1.807) is 11.3 Å². The zero-order valence-corrected chi connectivity index (χ0v) is 17.0. The number of carbonyl (C=O) groups excluding carboxylic acids is 1. The molecule has 0 unspecified atom stereocenters. The number of carbonyl (C=O) groups is 1. The van der Waals surface area contributed by atoms with Crippen molar-refractivity contribution in [3.63, 3.8) is 0 Å². The average molecular weight is 423 g/mol. The third-order valence-electron chi connectivity index (χ3n) is 3.90. The summed E-state index contributed by atoms with van der Waals surface area (Å²) in [5.74, 6) is 2.15. The second-order valence-corrected chi connectivity index (χ2v) is 8.04. The van der Waals surface area contributed by atoms with Crippen molar-refractivity contribution < 1.29 is 9.53 Å². The number of hydrogen-bond acceptors (Lipinski definition) is 6. The van der Waals surface area contributed by atoms with Crippen LogP contribution in [0, 0.1) is 0 Å². The van der Waals surface area contributed by atoms with Crippen molar-refractivity contribution in [3.8, 4) is 11.5 Å². The number of nitrogens with zero attached hydrogens (tertiary/aromatic N) is 2. The maximum atomic E-state index is 12.4. The fourth-order valence-electron chi connectivity index (χ4n) is 2.59. The van der Waals surface area contributed by atoms with Gasteiger partial charge in [-0.1, -0.05) is 48.2 Å². The molecule has 0 spiro atoms. The van der Waals surface area contributed by atoms with E-state index in [0.717, 1.165) is 5.82 Å². The van der Waals surface area contributed by atoms with E-state index in [4.69, 9.17) is 4.74 Å². The van der Waals surface area contributed by atoms with Crippen LogP contribution in [0.5, 0.6) is 11.5 Å². The number of nitrogens with one attached hydrogen (secondary N) is 2. The van der Waals surface area contributed by atoms with Gasteiger partial charge < -0.3 is 10.1 Å². The minimum Gasteiger partial charge on any atom is -0.455 e. The lowest BCUT2D eigenvalue weighted by Crippen LogP contribution is -2.14. The number of benzene rings is 2. The van der Waals surface area contributed by atoms with Crippen LogP contribution in [0.1, 0.15) is 10.7 Å². The molecule has 6 nitrogen and oxygen atoms in total. The van der Waals surface area contributed by atoms with Crippen molar-refractivity contribution in [2.75, 3.05) is 11.1 Å². The monoisotopic (exact) mass is 422 g/mol. The fraction of sp³-hybridized carbons (Fsp3) is 0.0952. The van der Waals surface area contributed by atoms with E-state index in [1.807, 2.05) is 66.0 Å². The molecule has 0 bridgehead atoms. The first-order chi connectivity index (χ1) is 14.3. The molecule has 0 atom stereocenters. The van der Waals surface area contributed by atoms with Crippen molar-refractivity contribution >= 4 is 34.7 Å². The molecule has 8 heteroatoms. The third kappa shape index (κ3) is 5.46. The first-order valence-corrected chi connectivity index (χ1v) is 10.8. The van der Waals surface area contributed by atoms with Gasteiger partial charge in [0.2, 0.25) is 11.1 Å². The predicted molar refractivity (Wildman–Crippen MR) is 116 cm³/mol. The van der Waals surface area contributed by atoms with Crippen LogP contribution in [0.2, 0.25) is 0 Å². The molecule has 0 saturated carbocycles. The van der Waals surface area contributed by atoms with Gasteiger partial charge in [0.05, 0.1) is 11.4 Å². The number of thioether (sulfide) groups is 1. The topological polar surface area (TPSA) is 79.9 Å². The van der Waals surface area contributed by atoms with Gasteiger partial charge in [-0.15, -0.1) is 16.4 Å². The van der Waals surface area contributed by atoms with Crippen molar-refractivity contribution in [2.45, 2.75) is 11.6 Å². The maximum Gasteiger partial charge on any atom is 0.234 e. The first-order valence-electron chi connectivity index (χ1n) is 8.94. The molecule has 2 aromatic carbocycles. The summed E-state index contributed by atoms with van der Waals surface area (Å²) >= 11 is 2.97. The maximum absolute atomic E-state index is 12.4. The molecule has 0 saturated heterocycles. The van der Waals surface area contributed by atoms with E-state index in [0.29, 0.717) is 28.8 Å². The summed E-state index contributed by atoms with van der Waals surface area (Å²) in [5.41, 5.74) is 0.621. The first kappa shape index (κ1) is 19.2. The molecule has 0 aliphatic carbocycles. The molecular formula is C21H18N4O2S2. The Labute approximate surface area is 176 Å². The number of ether oxygens (including phenoxy) is 1. The van der Waals surface area contributed by atoms with Gasteiger partial charge in [-0.05, 0) is 35.7 Å². The highest BCUT2D eigenvalue weighted by molar-refractivity contribution is 7.99. The zero-order chi connectivity index (χ0) is 19.9. The van der Waals surface area contributed by atoms with Gasteiger partial charge in [-0.3, -0.25) is 9.89 Å². The molecule has 2 aromatic heterocycles. The Morgan fingerprint density at radius 2 is 1.90 bits per heavy atom. The van der Waals surface area contributed by atoms with Gasteiger partial charge >= 0.3 is 0 Å². The molecule has 4 rings (SSSR count). The van der Waals surface area contributed by atoms with Crippen LogP contribution in [0.25, 0.3) is 0 Å². The number of hydrogen-bond donors (Lipinski definition) is 2. The summed E-state index contributed by atoms with van der Waals surface area (Å²) in [7, 11) is 0. The molecule has 2 N–H and O–H groups in total. The second kappa shape index (κ2) is 9.40. The molecule has 29 heavy (non-hydrogen) atoms. The standard InChI is InChI=1S/C21H18N4O2S2/c26-20(14-29-21-23-19(24-25-21)13-16-9-6-12-28-16)22-17-10-4-5-11-18(17)27-15-7-2-1-3-8-15/h1-12H,13-14H2,(H,22,26)(H,23,24,25). The molecule has 0 aliphatic rings. The van der Waals surface area contributed by atoms with Crippen LogP contribution >= 0.6 is 23.1 Å². The number of para-hydroxylation sites is 3. The van der Waals surface area contributed by atoms with E-state index in [1.165, 1.54) is 16.6 Å². The average Bonchev–Trinajstić information content (AvgIpc) is 3.41. The Hall–Kier alpha value is -3.10. The zero-order valence-electron chi connectivity index (χ0n) is 15.4. The molecular weight excluding hydrogens is 404 g/mol. The predicted octanol–water partition coefficient (Wildman–Crippen LogP) is 4.98. The summed E-state index contributed by atoms with van der Waals surface area (Å²) in [5, 5.41) is 12.6. The summed E-state index contributed by atoms with van der Waals surface area (Å²) in [4.78, 5) is 18.1. The van der Waals surface area contributed by atoms with Gasteiger partial charge in [-0.25, -0.2) is 4.98 Å². The number of anilines is 1. The smallest absolute Gasteiger partial charge is 0.234 e. The van der Waals surface area contributed by atoms with Crippen LogP contribution in [0.3, 0.4) is 0 Å². The Morgan fingerprint density at radius 1 is 1.07 bits per heavy atom. The SMILES string of the molecule is O=C(CSc1n[nH]c(Cc2cccs2)n1)Nc1ccccc1Oc1ccccc1. The lowest BCUT2D eigenvalue weighted by molar-refractivity contribution is -0.113. The van der Waals surface area contributed by atoms with Gasteiger partial charge in [0.25, 0.3) is 0 Å². The Morgan fingerprint density at radius 3 is 2.72 bits per heavy atom. The number of rotatable bonds is 8. The molecule has 4 aromatic rings. The normalized spacial score (nSPS) is 10.6. The van der Waals surface area contributed by atoms with Gasteiger partial charge in [0.15, 0.2) is 5.75 Å². The molecule has 0 aliphatic heterocycles. The van der Waals surface area contributed by atoms with E-state index >= 15 is 0 Å². The molecule has 1 amide bonds. The number of amides is 1. The summed E-state index contributed by atoms with van der Waals surface area (Å²) < 4.78 is 5.88. The Kier molecular flexibility index (Phi) is 6.23. The Bertz CT molecular complexity index is 1070. The van der Waals surface area contributed by atoms with E-state index < -0.39 is 0 Å². The third-order valence-corrected chi connectivity index (χ3v) is 5.62. The van der Waals surface area contributed by atoms with Crippen LogP contribution < -0.4 is 10.1 Å². The minimum absolute atomic E-state index is 0.149. The molecule has 0 radical (unpaired) electrons. The van der Waals surface area contributed by atoms with Crippen LogP contribution in [-0.4, -0.2) is 26.8 Å². The van der Waals surface area contributed by atoms with E-state index in [-0.39, 0.29) is 11.7 Å². The lowest BCUT2D eigenvalue weighted by Gasteiger charge is -2.11. The largest absolute Gasteiger partial charge is 0.455 e. The minimum atomic E-state index is -0.149. The van der Waals surface area contributed by atoms with Gasteiger partial charge in [0.1, 0.15) is 11.6 Å².